The maximum Gasteiger partial charge on any atom is 0.270 e. The monoisotopic (exact) mass is 272 g/mol. The van der Waals surface area contributed by atoms with E-state index >= 15 is 0 Å². The normalized spacial score (nSPS) is 10.3. The Balaban J connectivity index is 2.83. The summed E-state index contributed by atoms with van der Waals surface area (Å²) in [5.74, 6) is 0.0932. The summed E-state index contributed by atoms with van der Waals surface area (Å²) in [5, 5.41) is 13.2. The van der Waals surface area contributed by atoms with E-state index in [0.717, 1.165) is 10.7 Å². The Hall–Kier alpha value is -1.56. The van der Waals surface area contributed by atoms with Gasteiger partial charge in [-0.15, -0.1) is 0 Å². The van der Waals surface area contributed by atoms with Crippen molar-refractivity contribution < 1.29 is 14.7 Å². The molecule has 0 aliphatic heterocycles. The van der Waals surface area contributed by atoms with Crippen LogP contribution >= 0.6 is 15.9 Å². The fourth-order valence-corrected chi connectivity index (χ4v) is 1.37. The van der Waals surface area contributed by atoms with Gasteiger partial charge in [-0.3, -0.25) is 4.79 Å². The van der Waals surface area contributed by atoms with Gasteiger partial charge < -0.3 is 15.3 Å². The highest BCUT2D eigenvalue weighted by Crippen LogP contribution is 2.27. The van der Waals surface area contributed by atoms with E-state index in [1.165, 1.54) is 7.11 Å². The number of anilines is 1. The number of hydrogen-bond donors (Lipinski definition) is 2. The standard InChI is InChI=1S/C9H9BrN2O3/c1-15-8-4-6(2-3-7(8)10)12-9(13)5-11-14/h2-5,14H,1H3,(H,12,13)/b11-5-. The molecule has 1 rings (SSSR count). The first-order valence-electron chi connectivity index (χ1n) is 3.99. The molecule has 0 spiro atoms. The van der Waals surface area contributed by atoms with E-state index in [0.29, 0.717) is 11.4 Å². The van der Waals surface area contributed by atoms with Crippen molar-refractivity contribution in [3.05, 3.63) is 22.7 Å². The summed E-state index contributed by atoms with van der Waals surface area (Å²) >= 11 is 3.28. The number of halogens is 1. The Morgan fingerprint density at radius 3 is 3.00 bits per heavy atom. The number of methoxy groups -OCH3 is 1. The summed E-state index contributed by atoms with van der Waals surface area (Å²) in [6.07, 6.45) is 0.772. The topological polar surface area (TPSA) is 70.9 Å². The molecule has 0 bridgehead atoms. The highest BCUT2D eigenvalue weighted by atomic mass is 79.9. The summed E-state index contributed by atoms with van der Waals surface area (Å²) in [6.45, 7) is 0. The SMILES string of the molecule is COc1cc(NC(=O)/C=N\O)ccc1Br. The molecule has 0 aromatic heterocycles. The van der Waals surface area contributed by atoms with Crippen molar-refractivity contribution in [3.63, 3.8) is 0 Å². The van der Waals surface area contributed by atoms with Crippen molar-refractivity contribution in [2.24, 2.45) is 5.16 Å². The van der Waals surface area contributed by atoms with Gasteiger partial charge in [0.25, 0.3) is 5.91 Å². The molecule has 1 amide bonds. The zero-order chi connectivity index (χ0) is 11.3. The zero-order valence-electron chi connectivity index (χ0n) is 7.90. The van der Waals surface area contributed by atoms with Gasteiger partial charge in [-0.25, -0.2) is 0 Å². The second-order valence-electron chi connectivity index (χ2n) is 2.58. The second kappa shape index (κ2) is 5.35. The van der Waals surface area contributed by atoms with E-state index in [4.69, 9.17) is 9.94 Å². The Kier molecular flexibility index (Phi) is 4.11. The van der Waals surface area contributed by atoms with Crippen LogP contribution in [0.2, 0.25) is 0 Å². The van der Waals surface area contributed by atoms with Gasteiger partial charge in [0.15, 0.2) is 0 Å². The third kappa shape index (κ3) is 3.25. The molecule has 0 saturated carbocycles. The van der Waals surface area contributed by atoms with Crippen molar-refractivity contribution in [1.29, 1.82) is 0 Å². The van der Waals surface area contributed by atoms with Gasteiger partial charge in [0.05, 0.1) is 11.6 Å². The molecular weight excluding hydrogens is 264 g/mol. The van der Waals surface area contributed by atoms with E-state index in [2.05, 4.69) is 26.4 Å². The van der Waals surface area contributed by atoms with E-state index in [-0.39, 0.29) is 0 Å². The molecule has 2 N–H and O–H groups in total. The van der Waals surface area contributed by atoms with Gasteiger partial charge >= 0.3 is 0 Å². The van der Waals surface area contributed by atoms with Gasteiger partial charge in [0.1, 0.15) is 12.0 Å². The lowest BCUT2D eigenvalue weighted by Gasteiger charge is -2.06. The van der Waals surface area contributed by atoms with Gasteiger partial charge in [-0.2, -0.15) is 0 Å². The molecule has 0 aliphatic carbocycles. The van der Waals surface area contributed by atoms with Crippen molar-refractivity contribution in [2.75, 3.05) is 12.4 Å². The fraction of sp³-hybridized carbons (Fsp3) is 0.111. The number of ether oxygens (including phenoxy) is 1. The van der Waals surface area contributed by atoms with E-state index in [1.807, 2.05) is 0 Å². The average molecular weight is 273 g/mol. The van der Waals surface area contributed by atoms with Crippen LogP contribution in [0, 0.1) is 0 Å². The lowest BCUT2D eigenvalue weighted by atomic mass is 10.3. The van der Waals surface area contributed by atoms with Crippen LogP contribution in [0.3, 0.4) is 0 Å². The number of nitrogens with one attached hydrogen (secondary N) is 1. The smallest absolute Gasteiger partial charge is 0.270 e. The summed E-state index contributed by atoms with van der Waals surface area (Å²) in [6, 6.07) is 5.08. The molecule has 5 nitrogen and oxygen atoms in total. The first-order valence-corrected chi connectivity index (χ1v) is 4.78. The number of hydrogen-bond acceptors (Lipinski definition) is 4. The number of carbonyl (C=O) groups is 1. The minimum atomic E-state index is -0.512. The number of carbonyl (C=O) groups excluding carboxylic acids is 1. The molecule has 1 aromatic rings. The Morgan fingerprint density at radius 1 is 1.67 bits per heavy atom. The van der Waals surface area contributed by atoms with Crippen LogP contribution in [0.25, 0.3) is 0 Å². The van der Waals surface area contributed by atoms with Crippen LogP contribution < -0.4 is 10.1 Å². The molecule has 0 fully saturated rings. The number of rotatable bonds is 3. The summed E-state index contributed by atoms with van der Waals surface area (Å²) in [7, 11) is 1.53. The van der Waals surface area contributed by atoms with Crippen LogP contribution in [0.1, 0.15) is 0 Å². The predicted octanol–water partition coefficient (Wildman–Crippen LogP) is 1.86. The molecule has 1 aromatic carbocycles. The third-order valence-electron chi connectivity index (χ3n) is 1.59. The molecule has 15 heavy (non-hydrogen) atoms. The van der Waals surface area contributed by atoms with Crippen molar-refractivity contribution >= 4 is 33.7 Å². The molecule has 6 heteroatoms. The maximum atomic E-state index is 11.0. The average Bonchev–Trinajstić information content (AvgIpc) is 2.21. The van der Waals surface area contributed by atoms with Crippen molar-refractivity contribution in [1.82, 2.24) is 0 Å². The maximum absolute atomic E-state index is 11.0. The molecule has 0 aliphatic rings. The van der Waals surface area contributed by atoms with Gasteiger partial charge in [0.2, 0.25) is 0 Å². The minimum Gasteiger partial charge on any atom is -0.495 e. The molecule has 0 unspecified atom stereocenters. The number of nitrogens with zero attached hydrogens (tertiary/aromatic N) is 1. The zero-order valence-corrected chi connectivity index (χ0v) is 9.48. The summed E-state index contributed by atoms with van der Waals surface area (Å²) in [5.41, 5.74) is 0.556. The molecule has 0 heterocycles. The Labute approximate surface area is 94.9 Å². The Morgan fingerprint density at radius 2 is 2.40 bits per heavy atom. The predicted molar refractivity (Wildman–Crippen MR) is 59.6 cm³/mol. The highest BCUT2D eigenvalue weighted by Gasteiger charge is 2.03. The van der Waals surface area contributed by atoms with Crippen LogP contribution in [0.4, 0.5) is 5.69 Å². The van der Waals surface area contributed by atoms with Crippen molar-refractivity contribution in [2.45, 2.75) is 0 Å². The largest absolute Gasteiger partial charge is 0.495 e. The lowest BCUT2D eigenvalue weighted by molar-refractivity contribution is -0.110. The lowest BCUT2D eigenvalue weighted by Crippen LogP contribution is -2.12. The van der Waals surface area contributed by atoms with Crippen LogP contribution in [0.5, 0.6) is 5.75 Å². The third-order valence-corrected chi connectivity index (χ3v) is 2.25. The molecule has 80 valence electrons. The fourth-order valence-electron chi connectivity index (χ4n) is 0.965. The first kappa shape index (κ1) is 11.5. The van der Waals surface area contributed by atoms with Crippen molar-refractivity contribution in [3.8, 4) is 5.75 Å². The van der Waals surface area contributed by atoms with Crippen LogP contribution in [-0.2, 0) is 4.79 Å². The van der Waals surface area contributed by atoms with Crippen LogP contribution in [-0.4, -0.2) is 24.4 Å². The van der Waals surface area contributed by atoms with Crippen LogP contribution in [0.15, 0.2) is 27.8 Å². The highest BCUT2D eigenvalue weighted by molar-refractivity contribution is 9.10. The number of amides is 1. The van der Waals surface area contributed by atoms with Gasteiger partial charge in [-0.05, 0) is 28.1 Å². The van der Waals surface area contributed by atoms with Gasteiger partial charge in [-0.1, -0.05) is 5.16 Å². The number of oxime groups is 1. The van der Waals surface area contributed by atoms with E-state index in [1.54, 1.807) is 18.2 Å². The molecular formula is C9H9BrN2O3. The first-order chi connectivity index (χ1) is 7.17. The number of benzene rings is 1. The molecule has 0 radical (unpaired) electrons. The molecule has 0 atom stereocenters. The summed E-state index contributed by atoms with van der Waals surface area (Å²) in [4.78, 5) is 11.0. The minimum absolute atomic E-state index is 0.512. The van der Waals surface area contributed by atoms with Gasteiger partial charge in [0, 0.05) is 11.8 Å². The Bertz CT molecular complexity index is 393. The summed E-state index contributed by atoms with van der Waals surface area (Å²) < 4.78 is 5.84. The molecule has 0 saturated heterocycles. The van der Waals surface area contributed by atoms with E-state index in [9.17, 15) is 4.79 Å². The second-order valence-corrected chi connectivity index (χ2v) is 3.44. The quantitative estimate of drug-likeness (QED) is 0.501. The van der Waals surface area contributed by atoms with E-state index < -0.39 is 5.91 Å².